The van der Waals surface area contributed by atoms with Crippen molar-refractivity contribution in [1.29, 1.82) is 0 Å². The van der Waals surface area contributed by atoms with Crippen LogP contribution >= 0.6 is 0 Å². The van der Waals surface area contributed by atoms with E-state index in [0.29, 0.717) is 13.1 Å². The van der Waals surface area contributed by atoms with Crippen LogP contribution in [0.25, 0.3) is 0 Å². The third kappa shape index (κ3) is 4.72. The van der Waals surface area contributed by atoms with E-state index in [2.05, 4.69) is 29.3 Å². The van der Waals surface area contributed by atoms with E-state index in [-0.39, 0.29) is 12.6 Å². The fourth-order valence-corrected chi connectivity index (χ4v) is 2.62. The van der Waals surface area contributed by atoms with E-state index in [0.717, 1.165) is 32.6 Å². The van der Waals surface area contributed by atoms with Crippen LogP contribution in [0.3, 0.4) is 0 Å². The molecule has 1 aliphatic rings. The number of carbonyl (C=O) groups is 1. The minimum atomic E-state index is 0.0206. The number of rotatable bonds is 5. The molecule has 0 atom stereocenters. The molecule has 5 nitrogen and oxygen atoms in total. The van der Waals surface area contributed by atoms with Gasteiger partial charge in [-0.2, -0.15) is 0 Å². The molecule has 5 heteroatoms. The highest BCUT2D eigenvalue weighted by molar-refractivity contribution is 5.74. The van der Waals surface area contributed by atoms with Gasteiger partial charge in [-0.3, -0.25) is 4.90 Å². The van der Waals surface area contributed by atoms with Crippen LogP contribution < -0.4 is 5.32 Å². The number of urea groups is 1. The molecule has 0 spiro atoms. The molecule has 0 saturated carbocycles. The van der Waals surface area contributed by atoms with Gasteiger partial charge in [-0.15, -0.1) is 0 Å². The van der Waals surface area contributed by atoms with Gasteiger partial charge >= 0.3 is 6.03 Å². The van der Waals surface area contributed by atoms with Gasteiger partial charge in [-0.25, -0.2) is 4.79 Å². The van der Waals surface area contributed by atoms with E-state index in [1.807, 2.05) is 17.0 Å². The van der Waals surface area contributed by atoms with E-state index in [4.69, 9.17) is 5.11 Å². The predicted octanol–water partition coefficient (Wildman–Crippen LogP) is 0.857. The lowest BCUT2D eigenvalue weighted by atomic mass is 10.1. The van der Waals surface area contributed by atoms with Gasteiger partial charge in [-0.1, -0.05) is 24.3 Å². The number of nitrogens with one attached hydrogen (secondary N) is 1. The SMILES string of the molecule is Cc1ccccc1CCNC(=O)N1CCN(CCO)CC1. The number of nitrogens with zero attached hydrogens (tertiary/aromatic N) is 2. The van der Waals surface area contributed by atoms with Crippen molar-refractivity contribution in [2.24, 2.45) is 0 Å². The van der Waals surface area contributed by atoms with Crippen LogP contribution in [0.2, 0.25) is 0 Å². The Kier molecular flexibility index (Phi) is 6.02. The molecule has 0 aliphatic carbocycles. The van der Waals surface area contributed by atoms with Gasteiger partial charge < -0.3 is 15.3 Å². The highest BCUT2D eigenvalue weighted by Gasteiger charge is 2.20. The monoisotopic (exact) mass is 291 g/mol. The molecule has 0 radical (unpaired) electrons. The third-order valence-electron chi connectivity index (χ3n) is 4.01. The van der Waals surface area contributed by atoms with Gasteiger partial charge in [-0.05, 0) is 24.5 Å². The number of aryl methyl sites for hydroxylation is 1. The first-order valence-electron chi connectivity index (χ1n) is 7.61. The van der Waals surface area contributed by atoms with E-state index in [9.17, 15) is 4.79 Å². The molecule has 0 bridgehead atoms. The van der Waals surface area contributed by atoms with Crippen molar-refractivity contribution >= 4 is 6.03 Å². The Morgan fingerprint density at radius 2 is 1.95 bits per heavy atom. The number of benzene rings is 1. The molecule has 2 rings (SSSR count). The zero-order valence-corrected chi connectivity index (χ0v) is 12.7. The van der Waals surface area contributed by atoms with Crippen molar-refractivity contribution in [1.82, 2.24) is 15.1 Å². The molecule has 116 valence electrons. The van der Waals surface area contributed by atoms with Gasteiger partial charge in [0.15, 0.2) is 0 Å². The Balaban J connectivity index is 1.70. The fourth-order valence-electron chi connectivity index (χ4n) is 2.62. The summed E-state index contributed by atoms with van der Waals surface area (Å²) in [6, 6.07) is 8.28. The summed E-state index contributed by atoms with van der Waals surface area (Å²) in [5.41, 5.74) is 2.55. The number of carbonyl (C=O) groups excluding carboxylic acids is 1. The van der Waals surface area contributed by atoms with E-state index in [1.54, 1.807) is 0 Å². The van der Waals surface area contributed by atoms with Crippen LogP contribution in [0, 0.1) is 6.92 Å². The Hall–Kier alpha value is -1.59. The number of hydrogen-bond acceptors (Lipinski definition) is 3. The normalized spacial score (nSPS) is 16.0. The van der Waals surface area contributed by atoms with Crippen LogP contribution in [0.1, 0.15) is 11.1 Å². The molecule has 1 fully saturated rings. The molecule has 1 aliphatic heterocycles. The van der Waals surface area contributed by atoms with Crippen molar-refractivity contribution in [2.75, 3.05) is 45.9 Å². The lowest BCUT2D eigenvalue weighted by Gasteiger charge is -2.34. The first-order chi connectivity index (χ1) is 10.2. The molecule has 0 unspecified atom stereocenters. The second-order valence-electron chi connectivity index (χ2n) is 5.46. The fraction of sp³-hybridized carbons (Fsp3) is 0.562. The molecule has 1 heterocycles. The quantitative estimate of drug-likeness (QED) is 0.846. The lowest BCUT2D eigenvalue weighted by Crippen LogP contribution is -2.52. The van der Waals surface area contributed by atoms with Crippen molar-refractivity contribution in [3.05, 3.63) is 35.4 Å². The van der Waals surface area contributed by atoms with E-state index >= 15 is 0 Å². The van der Waals surface area contributed by atoms with Gasteiger partial charge in [0.05, 0.1) is 6.61 Å². The zero-order chi connectivity index (χ0) is 15.1. The first kappa shape index (κ1) is 15.8. The molecular weight excluding hydrogens is 266 g/mol. The summed E-state index contributed by atoms with van der Waals surface area (Å²) in [5.74, 6) is 0. The summed E-state index contributed by atoms with van der Waals surface area (Å²) >= 11 is 0. The third-order valence-corrected chi connectivity index (χ3v) is 4.01. The minimum absolute atomic E-state index is 0.0206. The number of amides is 2. The Bertz CT molecular complexity index is 457. The Morgan fingerprint density at radius 3 is 2.62 bits per heavy atom. The number of aliphatic hydroxyl groups excluding tert-OH is 1. The van der Waals surface area contributed by atoms with Crippen molar-refractivity contribution in [3.63, 3.8) is 0 Å². The van der Waals surface area contributed by atoms with Crippen LogP contribution in [0.4, 0.5) is 4.79 Å². The van der Waals surface area contributed by atoms with E-state index < -0.39 is 0 Å². The average molecular weight is 291 g/mol. The second kappa shape index (κ2) is 8.00. The van der Waals surface area contributed by atoms with Crippen molar-refractivity contribution < 1.29 is 9.90 Å². The van der Waals surface area contributed by atoms with Crippen LogP contribution in [0.5, 0.6) is 0 Å². The summed E-state index contributed by atoms with van der Waals surface area (Å²) in [6.07, 6.45) is 0.864. The Labute approximate surface area is 126 Å². The summed E-state index contributed by atoms with van der Waals surface area (Å²) in [5, 5.41) is 11.9. The average Bonchev–Trinajstić information content (AvgIpc) is 2.50. The number of piperazine rings is 1. The maximum Gasteiger partial charge on any atom is 0.317 e. The van der Waals surface area contributed by atoms with Gasteiger partial charge in [0.2, 0.25) is 0 Å². The molecule has 1 saturated heterocycles. The topological polar surface area (TPSA) is 55.8 Å². The Morgan fingerprint density at radius 1 is 1.24 bits per heavy atom. The number of hydrogen-bond donors (Lipinski definition) is 2. The van der Waals surface area contributed by atoms with Crippen LogP contribution in [-0.4, -0.2) is 66.8 Å². The largest absolute Gasteiger partial charge is 0.395 e. The van der Waals surface area contributed by atoms with Crippen molar-refractivity contribution in [3.8, 4) is 0 Å². The predicted molar refractivity (Wildman–Crippen MR) is 83.4 cm³/mol. The smallest absolute Gasteiger partial charge is 0.317 e. The highest BCUT2D eigenvalue weighted by Crippen LogP contribution is 2.07. The highest BCUT2D eigenvalue weighted by atomic mass is 16.3. The summed E-state index contributed by atoms with van der Waals surface area (Å²) in [6.45, 7) is 6.79. The van der Waals surface area contributed by atoms with Gasteiger partial charge in [0.1, 0.15) is 0 Å². The van der Waals surface area contributed by atoms with Crippen LogP contribution in [-0.2, 0) is 6.42 Å². The number of β-amino-alcohol motifs (C(OH)–C–C–N with tert-alkyl or cyclic N) is 1. The van der Waals surface area contributed by atoms with Gasteiger partial charge in [0.25, 0.3) is 0 Å². The molecular formula is C16H25N3O2. The lowest BCUT2D eigenvalue weighted by molar-refractivity contribution is 0.122. The molecule has 0 aromatic heterocycles. The number of aliphatic hydroxyl groups is 1. The maximum absolute atomic E-state index is 12.1. The molecule has 1 aromatic carbocycles. The molecule has 21 heavy (non-hydrogen) atoms. The van der Waals surface area contributed by atoms with E-state index in [1.165, 1.54) is 11.1 Å². The first-order valence-corrected chi connectivity index (χ1v) is 7.61. The maximum atomic E-state index is 12.1. The summed E-state index contributed by atoms with van der Waals surface area (Å²) in [7, 11) is 0. The molecule has 2 amide bonds. The minimum Gasteiger partial charge on any atom is -0.395 e. The summed E-state index contributed by atoms with van der Waals surface area (Å²) in [4.78, 5) is 16.1. The zero-order valence-electron chi connectivity index (χ0n) is 12.7. The van der Waals surface area contributed by atoms with Gasteiger partial charge in [0, 0.05) is 39.3 Å². The van der Waals surface area contributed by atoms with Crippen molar-refractivity contribution in [2.45, 2.75) is 13.3 Å². The standard InChI is InChI=1S/C16H25N3O2/c1-14-4-2-3-5-15(14)6-7-17-16(21)19-10-8-18(9-11-19)12-13-20/h2-5,20H,6-13H2,1H3,(H,17,21). The summed E-state index contributed by atoms with van der Waals surface area (Å²) < 4.78 is 0. The molecule has 1 aromatic rings. The second-order valence-corrected chi connectivity index (χ2v) is 5.46. The van der Waals surface area contributed by atoms with Crippen LogP contribution in [0.15, 0.2) is 24.3 Å². The molecule has 2 N–H and O–H groups in total.